The van der Waals surface area contributed by atoms with Crippen LogP contribution in [0.4, 0.5) is 0 Å². The summed E-state index contributed by atoms with van der Waals surface area (Å²) in [7, 11) is 0. The van der Waals surface area contributed by atoms with Gasteiger partial charge in [-0.25, -0.2) is 4.79 Å². The highest BCUT2D eigenvalue weighted by molar-refractivity contribution is 7.13. The number of hydrogen-bond acceptors (Lipinski definition) is 3. The molecule has 0 saturated heterocycles. The Balaban J connectivity index is 1.89. The van der Waals surface area contributed by atoms with E-state index in [1.54, 1.807) is 6.07 Å². The predicted octanol–water partition coefficient (Wildman–Crippen LogP) is 7.83. The lowest BCUT2D eigenvalue weighted by atomic mass is 9.89. The zero-order chi connectivity index (χ0) is 22.6. The number of carboxylic acids is 1. The quantitative estimate of drug-likeness (QED) is 0.200. The predicted molar refractivity (Wildman–Crippen MR) is 132 cm³/mol. The first-order valence-corrected chi connectivity index (χ1v) is 12.9. The van der Waals surface area contributed by atoms with Crippen LogP contribution in [-0.4, -0.2) is 21.0 Å². The van der Waals surface area contributed by atoms with E-state index in [9.17, 15) is 9.90 Å². The van der Waals surface area contributed by atoms with Crippen LogP contribution in [0, 0.1) is 5.92 Å². The fraction of sp³-hybridized carbons (Fsp3) is 0.560. The number of thiophene rings is 1. The Hall–Kier alpha value is -1.07. The first-order chi connectivity index (χ1) is 14.9. The Morgan fingerprint density at radius 2 is 1.71 bits per heavy atom. The van der Waals surface area contributed by atoms with Gasteiger partial charge in [-0.3, -0.25) is 0 Å². The molecular formula is C25H34Cl2O3S. The number of aliphatic hydroxyl groups excluding tert-OH is 1. The van der Waals surface area contributed by atoms with Gasteiger partial charge in [0.15, 0.2) is 0 Å². The van der Waals surface area contributed by atoms with Gasteiger partial charge in [0.25, 0.3) is 0 Å². The topological polar surface area (TPSA) is 57.5 Å². The van der Waals surface area contributed by atoms with Gasteiger partial charge in [-0.15, -0.1) is 34.5 Å². The molecule has 6 heteroatoms. The third-order valence-electron chi connectivity index (χ3n) is 5.67. The van der Waals surface area contributed by atoms with Crippen molar-refractivity contribution in [3.05, 3.63) is 57.3 Å². The van der Waals surface area contributed by atoms with Gasteiger partial charge >= 0.3 is 5.97 Å². The molecule has 0 radical (unpaired) electrons. The van der Waals surface area contributed by atoms with Crippen molar-refractivity contribution in [2.24, 2.45) is 5.92 Å². The molecule has 0 amide bonds. The van der Waals surface area contributed by atoms with Crippen LogP contribution in [0.15, 0.2) is 36.4 Å². The molecule has 2 aromatic rings. The number of hydrogen-bond donors (Lipinski definition) is 2. The third-order valence-corrected chi connectivity index (χ3v) is 7.24. The molecule has 2 N–H and O–H groups in total. The number of aryl methyl sites for hydroxylation is 1. The Bertz CT molecular complexity index is 773. The molecule has 0 aliphatic heterocycles. The molecule has 0 fully saturated rings. The van der Waals surface area contributed by atoms with Crippen LogP contribution in [0.5, 0.6) is 0 Å². The van der Waals surface area contributed by atoms with Crippen LogP contribution in [0.2, 0.25) is 0 Å². The molecule has 1 heterocycles. The Kier molecular flexibility index (Phi) is 12.0. The number of alkyl halides is 2. The van der Waals surface area contributed by atoms with Crippen LogP contribution in [0.1, 0.15) is 90.1 Å². The summed E-state index contributed by atoms with van der Waals surface area (Å²) in [6.07, 6.45) is 9.43. The molecule has 1 aromatic carbocycles. The van der Waals surface area contributed by atoms with Crippen molar-refractivity contribution in [2.75, 3.05) is 0 Å². The summed E-state index contributed by atoms with van der Waals surface area (Å²) in [6, 6.07) is 12.0. The average molecular weight is 486 g/mol. The maximum Gasteiger partial charge on any atom is 0.345 e. The number of rotatable bonds is 15. The van der Waals surface area contributed by atoms with E-state index < -0.39 is 5.97 Å². The van der Waals surface area contributed by atoms with Gasteiger partial charge in [0.2, 0.25) is 0 Å². The fourth-order valence-electron chi connectivity index (χ4n) is 3.87. The van der Waals surface area contributed by atoms with Crippen molar-refractivity contribution in [1.29, 1.82) is 0 Å². The van der Waals surface area contributed by atoms with E-state index in [0.717, 1.165) is 74.6 Å². The molecule has 0 bridgehead atoms. The van der Waals surface area contributed by atoms with Crippen molar-refractivity contribution in [3.63, 3.8) is 0 Å². The second-order valence-electron chi connectivity index (χ2n) is 8.26. The summed E-state index contributed by atoms with van der Waals surface area (Å²) in [4.78, 5) is 12.2. The van der Waals surface area contributed by atoms with Gasteiger partial charge in [-0.2, -0.15) is 0 Å². The third kappa shape index (κ3) is 9.95. The van der Waals surface area contributed by atoms with Crippen LogP contribution >= 0.6 is 34.5 Å². The van der Waals surface area contributed by atoms with Crippen molar-refractivity contribution < 1.29 is 15.0 Å². The number of unbranched alkanes of at least 4 members (excludes halogenated alkanes) is 2. The van der Waals surface area contributed by atoms with Gasteiger partial charge < -0.3 is 10.2 Å². The number of aromatic carboxylic acids is 1. The van der Waals surface area contributed by atoms with Crippen molar-refractivity contribution in [2.45, 2.75) is 82.1 Å². The van der Waals surface area contributed by atoms with E-state index in [4.69, 9.17) is 28.3 Å². The monoisotopic (exact) mass is 484 g/mol. The van der Waals surface area contributed by atoms with Crippen molar-refractivity contribution in [3.8, 4) is 0 Å². The van der Waals surface area contributed by atoms with Crippen LogP contribution < -0.4 is 0 Å². The van der Waals surface area contributed by atoms with E-state index in [1.807, 2.05) is 18.2 Å². The van der Waals surface area contributed by atoms with E-state index in [0.29, 0.717) is 10.8 Å². The zero-order valence-corrected chi connectivity index (χ0v) is 20.6. The molecule has 0 saturated carbocycles. The standard InChI is InChI=1S/C25H34Cl2O3S/c1-2-3-4-8-22(28)20-12-9-19(10-13-20)17-18(11-16-24(26)27)6-5-7-21-14-15-23(31-21)25(29)30/h9-10,12-15,18,22,24,28H,2-8,11,16-17H2,1H3,(H,29,30)/t18-,22?/m0/s1. The minimum Gasteiger partial charge on any atom is -0.477 e. The summed E-state index contributed by atoms with van der Waals surface area (Å²) < 4.78 is 0. The van der Waals surface area contributed by atoms with Crippen LogP contribution in [0.3, 0.4) is 0 Å². The van der Waals surface area contributed by atoms with E-state index >= 15 is 0 Å². The van der Waals surface area contributed by atoms with E-state index in [2.05, 4.69) is 19.1 Å². The summed E-state index contributed by atoms with van der Waals surface area (Å²) in [5.74, 6) is -0.387. The Morgan fingerprint density at radius 3 is 2.32 bits per heavy atom. The molecule has 0 spiro atoms. The van der Waals surface area contributed by atoms with Gasteiger partial charge in [-0.1, -0.05) is 50.5 Å². The van der Waals surface area contributed by atoms with Gasteiger partial charge in [-0.05, 0) is 74.1 Å². The normalized spacial score (nSPS) is 13.5. The van der Waals surface area contributed by atoms with Crippen molar-refractivity contribution in [1.82, 2.24) is 0 Å². The lowest BCUT2D eigenvalue weighted by molar-refractivity contribution is 0.0702. The molecule has 31 heavy (non-hydrogen) atoms. The Morgan fingerprint density at radius 1 is 0.968 bits per heavy atom. The Labute approximate surface area is 200 Å². The van der Waals surface area contributed by atoms with Gasteiger partial charge in [0.05, 0.1) is 6.10 Å². The zero-order valence-electron chi connectivity index (χ0n) is 18.2. The largest absolute Gasteiger partial charge is 0.477 e. The number of halogens is 2. The second-order valence-corrected chi connectivity index (χ2v) is 10.7. The molecule has 1 unspecified atom stereocenters. The van der Waals surface area contributed by atoms with E-state index in [-0.39, 0.29) is 10.9 Å². The summed E-state index contributed by atoms with van der Waals surface area (Å²) in [5.41, 5.74) is 2.25. The summed E-state index contributed by atoms with van der Waals surface area (Å²) in [5, 5.41) is 19.4. The molecule has 0 aliphatic carbocycles. The average Bonchev–Trinajstić information content (AvgIpc) is 3.22. The van der Waals surface area contributed by atoms with Crippen LogP contribution in [0.25, 0.3) is 0 Å². The number of carboxylic acid groups (broad SMARTS) is 1. The lowest BCUT2D eigenvalue weighted by Crippen LogP contribution is -2.08. The van der Waals surface area contributed by atoms with Crippen LogP contribution in [-0.2, 0) is 12.8 Å². The SMILES string of the molecule is CCCCCC(O)c1ccc(C[C@@H](CCCc2ccc(C(=O)O)s2)CCC(Cl)Cl)cc1. The molecular weight excluding hydrogens is 451 g/mol. The minimum atomic E-state index is -0.858. The summed E-state index contributed by atoms with van der Waals surface area (Å²) >= 11 is 13.3. The molecule has 2 rings (SSSR count). The molecule has 172 valence electrons. The molecule has 2 atom stereocenters. The number of benzene rings is 1. The molecule has 1 aromatic heterocycles. The van der Waals surface area contributed by atoms with Gasteiger partial charge in [0.1, 0.15) is 9.71 Å². The minimum absolute atomic E-state index is 0.349. The molecule has 0 aliphatic rings. The highest BCUT2D eigenvalue weighted by atomic mass is 35.5. The number of carbonyl (C=O) groups is 1. The first-order valence-electron chi connectivity index (χ1n) is 11.3. The summed E-state index contributed by atoms with van der Waals surface area (Å²) in [6.45, 7) is 2.17. The molecule has 3 nitrogen and oxygen atoms in total. The first kappa shape index (κ1) is 26.2. The van der Waals surface area contributed by atoms with E-state index in [1.165, 1.54) is 16.9 Å². The highest BCUT2D eigenvalue weighted by Gasteiger charge is 2.14. The maximum absolute atomic E-state index is 11.0. The second kappa shape index (κ2) is 14.2. The smallest absolute Gasteiger partial charge is 0.345 e. The fourth-order valence-corrected chi connectivity index (χ4v) is 5.01. The number of aliphatic hydroxyl groups is 1. The van der Waals surface area contributed by atoms with Crippen molar-refractivity contribution >= 4 is 40.5 Å². The highest BCUT2D eigenvalue weighted by Crippen LogP contribution is 2.27. The lowest BCUT2D eigenvalue weighted by Gasteiger charge is -2.18. The van der Waals surface area contributed by atoms with Gasteiger partial charge in [0, 0.05) is 4.88 Å². The maximum atomic E-state index is 11.0.